The Morgan fingerprint density at radius 3 is 2.52 bits per heavy atom. The number of anilines is 1. The highest BCUT2D eigenvalue weighted by Crippen LogP contribution is 2.52. The third-order valence-electron chi connectivity index (χ3n) is 7.58. The van der Waals surface area contributed by atoms with Crippen LogP contribution in [0.3, 0.4) is 0 Å². The van der Waals surface area contributed by atoms with Crippen molar-refractivity contribution in [2.75, 3.05) is 32.2 Å². The summed E-state index contributed by atoms with van der Waals surface area (Å²) >= 11 is 6.22. The van der Waals surface area contributed by atoms with E-state index in [1.54, 1.807) is 61.6 Å². The summed E-state index contributed by atoms with van der Waals surface area (Å²) in [5.74, 6) is 0.0307. The number of benzene rings is 3. The number of carbonyl (C=O) groups excluding carboxylic acids is 2. The van der Waals surface area contributed by atoms with Crippen LogP contribution in [0.15, 0.2) is 82.5 Å². The molecule has 0 N–H and O–H groups in total. The topological polar surface area (TPSA) is 89.3 Å². The second-order valence-corrected chi connectivity index (χ2v) is 10.0. The predicted molar refractivity (Wildman–Crippen MR) is 152 cm³/mol. The van der Waals surface area contributed by atoms with Crippen molar-refractivity contribution >= 4 is 40.1 Å². The number of ether oxygens (including phenoxy) is 2. The lowest BCUT2D eigenvalue weighted by Crippen LogP contribution is -2.54. The van der Waals surface area contributed by atoms with E-state index in [1.807, 2.05) is 18.2 Å². The summed E-state index contributed by atoms with van der Waals surface area (Å²) in [4.78, 5) is 45.8. The van der Waals surface area contributed by atoms with Gasteiger partial charge in [0.05, 0.1) is 30.9 Å². The van der Waals surface area contributed by atoms with Gasteiger partial charge in [0.1, 0.15) is 5.58 Å². The fourth-order valence-corrected chi connectivity index (χ4v) is 6.02. The summed E-state index contributed by atoms with van der Waals surface area (Å²) < 4.78 is 16.9. The van der Waals surface area contributed by atoms with E-state index in [2.05, 4.69) is 6.58 Å². The first-order valence-electron chi connectivity index (χ1n) is 12.7. The molecule has 3 heterocycles. The molecule has 40 heavy (non-hydrogen) atoms. The Bertz CT molecular complexity index is 1780. The molecule has 4 aromatic rings. The largest absolute Gasteiger partial charge is 0.493 e. The molecule has 6 rings (SSSR count). The molecule has 0 radical (unpaired) electrons. The molecule has 0 aliphatic carbocycles. The zero-order chi connectivity index (χ0) is 28.2. The van der Waals surface area contributed by atoms with Gasteiger partial charge in [-0.15, -0.1) is 6.58 Å². The molecule has 2 amide bonds. The first kappa shape index (κ1) is 25.7. The van der Waals surface area contributed by atoms with Gasteiger partial charge in [0, 0.05) is 23.7 Å². The highest BCUT2D eigenvalue weighted by Gasteiger charge is 2.64. The smallest absolute Gasteiger partial charge is 0.291 e. The number of methoxy groups -OCH3 is 2. The summed E-state index contributed by atoms with van der Waals surface area (Å²) in [5, 5.41) is 0.544. The van der Waals surface area contributed by atoms with Gasteiger partial charge < -0.3 is 23.7 Å². The minimum Gasteiger partial charge on any atom is -0.493 e. The number of rotatable bonds is 7. The predicted octanol–water partition coefficient (Wildman–Crippen LogP) is 4.94. The number of para-hydroxylation sites is 1. The number of hydrogen-bond donors (Lipinski definition) is 0. The van der Waals surface area contributed by atoms with E-state index in [9.17, 15) is 14.4 Å². The molecule has 0 bridgehead atoms. The van der Waals surface area contributed by atoms with E-state index in [0.717, 1.165) is 5.56 Å². The van der Waals surface area contributed by atoms with Gasteiger partial charge in [-0.1, -0.05) is 41.9 Å². The van der Waals surface area contributed by atoms with Crippen molar-refractivity contribution < 1.29 is 23.5 Å². The van der Waals surface area contributed by atoms with E-state index >= 15 is 0 Å². The van der Waals surface area contributed by atoms with Crippen molar-refractivity contribution in [3.63, 3.8) is 0 Å². The molecule has 2 aliphatic rings. The molecular formula is C31H25ClN2O6. The van der Waals surface area contributed by atoms with Crippen molar-refractivity contribution in [2.24, 2.45) is 0 Å². The zero-order valence-electron chi connectivity index (χ0n) is 21.9. The molecule has 0 fully saturated rings. The van der Waals surface area contributed by atoms with Crippen molar-refractivity contribution in [1.29, 1.82) is 0 Å². The lowest BCUT2D eigenvalue weighted by molar-refractivity contribution is -0.125. The van der Waals surface area contributed by atoms with Crippen LogP contribution >= 0.6 is 11.6 Å². The molecule has 202 valence electrons. The van der Waals surface area contributed by atoms with E-state index < -0.39 is 22.8 Å². The molecule has 1 spiro atoms. The molecule has 1 aromatic heterocycles. The van der Waals surface area contributed by atoms with Crippen molar-refractivity contribution in [3.8, 4) is 11.5 Å². The van der Waals surface area contributed by atoms with Gasteiger partial charge in [0.25, 0.3) is 11.8 Å². The Morgan fingerprint density at radius 2 is 1.77 bits per heavy atom. The number of hydrogen-bond acceptors (Lipinski definition) is 6. The second-order valence-electron chi connectivity index (χ2n) is 9.60. The standard InChI is InChI=1S/C31H25ClN2O6/c1-4-14-33-22-8-6-5-7-21(22)31(30(33)37)26-27(35)20-17-19(32)10-12-23(20)40-28(26)29(36)34(31)15-13-18-9-11-24(38-2)25(16-18)39-3/h4-12,16-17H,1,13-15H2,2-3H3/t31-/m1/s1. The Hall–Kier alpha value is -4.56. The lowest BCUT2D eigenvalue weighted by atomic mass is 9.83. The fourth-order valence-electron chi connectivity index (χ4n) is 5.85. The third-order valence-corrected chi connectivity index (χ3v) is 7.82. The van der Waals surface area contributed by atoms with E-state index in [0.29, 0.717) is 34.2 Å². The molecule has 0 unspecified atom stereocenters. The van der Waals surface area contributed by atoms with Gasteiger partial charge in [-0.3, -0.25) is 14.4 Å². The minimum absolute atomic E-state index is 0.00332. The van der Waals surface area contributed by atoms with Crippen LogP contribution in [0, 0.1) is 0 Å². The van der Waals surface area contributed by atoms with E-state index in [1.165, 1.54) is 11.0 Å². The summed E-state index contributed by atoms with van der Waals surface area (Å²) in [6.07, 6.45) is 1.99. The molecule has 2 aliphatic heterocycles. The van der Waals surface area contributed by atoms with Crippen LogP contribution in [0.4, 0.5) is 5.69 Å². The van der Waals surface area contributed by atoms with E-state index in [4.69, 9.17) is 25.5 Å². The van der Waals surface area contributed by atoms with Crippen LogP contribution in [0.1, 0.15) is 27.2 Å². The van der Waals surface area contributed by atoms with Crippen LogP contribution < -0.4 is 19.8 Å². The van der Waals surface area contributed by atoms with Crippen molar-refractivity contribution in [2.45, 2.75) is 12.0 Å². The number of halogens is 1. The first-order valence-corrected chi connectivity index (χ1v) is 13.1. The summed E-state index contributed by atoms with van der Waals surface area (Å²) in [5.41, 5.74) is 0.0480. The molecule has 9 heteroatoms. The SMILES string of the molecule is C=CCN1C(=O)[C@@]2(c3ccccc31)c1c(oc3ccc(Cl)cc3c1=O)C(=O)N2CCc1ccc(OC)c(OC)c1. The van der Waals surface area contributed by atoms with Crippen LogP contribution in [0.2, 0.25) is 5.02 Å². The highest BCUT2D eigenvalue weighted by molar-refractivity contribution is 6.31. The Labute approximate surface area is 235 Å². The van der Waals surface area contributed by atoms with Crippen molar-refractivity contribution in [3.05, 3.63) is 111 Å². The average Bonchev–Trinajstić information content (AvgIpc) is 3.36. The molecular weight excluding hydrogens is 532 g/mol. The molecule has 0 saturated heterocycles. The number of nitrogens with zero attached hydrogens (tertiary/aromatic N) is 2. The van der Waals surface area contributed by atoms with Gasteiger partial charge in [0.15, 0.2) is 22.5 Å². The molecule has 1 atom stereocenters. The normalized spacial score (nSPS) is 17.5. The number of carbonyl (C=O) groups is 2. The average molecular weight is 557 g/mol. The van der Waals surface area contributed by atoms with Gasteiger partial charge in [-0.05, 0) is 48.4 Å². The maximum absolute atomic E-state index is 14.5. The van der Waals surface area contributed by atoms with Gasteiger partial charge in [0.2, 0.25) is 5.76 Å². The van der Waals surface area contributed by atoms with Crippen molar-refractivity contribution in [1.82, 2.24) is 4.90 Å². The van der Waals surface area contributed by atoms with Gasteiger partial charge in [-0.25, -0.2) is 0 Å². The third kappa shape index (κ3) is 3.49. The Balaban J connectivity index is 1.58. The molecule has 3 aromatic carbocycles. The van der Waals surface area contributed by atoms with E-state index in [-0.39, 0.29) is 35.4 Å². The van der Waals surface area contributed by atoms with Crippen LogP contribution in [-0.2, 0) is 16.8 Å². The van der Waals surface area contributed by atoms with Crippen LogP contribution in [-0.4, -0.2) is 44.0 Å². The zero-order valence-corrected chi connectivity index (χ0v) is 22.7. The maximum atomic E-state index is 14.5. The maximum Gasteiger partial charge on any atom is 0.291 e. The number of fused-ring (bicyclic) bond motifs is 5. The quantitative estimate of drug-likeness (QED) is 0.300. The molecule has 0 saturated carbocycles. The van der Waals surface area contributed by atoms with Crippen LogP contribution in [0.5, 0.6) is 11.5 Å². The number of amides is 2. The Morgan fingerprint density at radius 1 is 1.00 bits per heavy atom. The Kier molecular flexibility index (Phi) is 6.15. The highest BCUT2D eigenvalue weighted by atomic mass is 35.5. The fraction of sp³-hybridized carbons (Fsp3) is 0.194. The second kappa shape index (κ2) is 9.57. The lowest BCUT2D eigenvalue weighted by Gasteiger charge is -2.34. The van der Waals surface area contributed by atoms with Crippen LogP contribution in [0.25, 0.3) is 11.0 Å². The van der Waals surface area contributed by atoms with Gasteiger partial charge in [-0.2, -0.15) is 0 Å². The summed E-state index contributed by atoms with van der Waals surface area (Å²) in [6, 6.07) is 17.3. The minimum atomic E-state index is -1.71. The first-order chi connectivity index (χ1) is 19.4. The summed E-state index contributed by atoms with van der Waals surface area (Å²) in [7, 11) is 3.11. The monoisotopic (exact) mass is 556 g/mol. The summed E-state index contributed by atoms with van der Waals surface area (Å²) in [6.45, 7) is 4.13. The molecule has 8 nitrogen and oxygen atoms in total. The van der Waals surface area contributed by atoms with Gasteiger partial charge >= 0.3 is 0 Å².